The third-order valence-electron chi connectivity index (χ3n) is 3.33. The minimum absolute atomic E-state index is 0.127. The molecule has 1 heterocycles. The van der Waals surface area contributed by atoms with E-state index in [9.17, 15) is 4.79 Å². The molecule has 0 unspecified atom stereocenters. The fourth-order valence-electron chi connectivity index (χ4n) is 2.34. The smallest absolute Gasteiger partial charge is 0.253 e. The first-order valence-electron chi connectivity index (χ1n) is 6.59. The summed E-state index contributed by atoms with van der Waals surface area (Å²) in [4.78, 5) is 16.7. The summed E-state index contributed by atoms with van der Waals surface area (Å²) < 4.78 is 0.946. The fourth-order valence-corrected chi connectivity index (χ4v) is 2.74. The lowest BCUT2D eigenvalue weighted by Gasteiger charge is -2.21. The topological polar surface area (TPSA) is 23.6 Å². The lowest BCUT2D eigenvalue weighted by molar-refractivity contribution is 0.0762. The Bertz CT molecular complexity index is 461. The molecule has 0 saturated carbocycles. The van der Waals surface area contributed by atoms with Crippen molar-refractivity contribution >= 4 is 21.8 Å². The van der Waals surface area contributed by atoms with Gasteiger partial charge in [-0.25, -0.2) is 0 Å². The number of carbonyl (C=O) groups excluding carboxylic acids is 1. The molecule has 19 heavy (non-hydrogen) atoms. The van der Waals surface area contributed by atoms with Crippen LogP contribution in [0.25, 0.3) is 0 Å². The second-order valence-corrected chi connectivity index (χ2v) is 5.66. The molecule has 0 bridgehead atoms. The first kappa shape index (κ1) is 14.3. The maximum Gasteiger partial charge on any atom is 0.253 e. The second kappa shape index (κ2) is 6.87. The molecule has 1 aliphatic heterocycles. The van der Waals surface area contributed by atoms with Crippen molar-refractivity contribution in [1.82, 2.24) is 9.80 Å². The predicted octanol–water partition coefficient (Wildman–Crippen LogP) is 2.78. The Hall–Kier alpha value is -1.13. The Morgan fingerprint density at radius 1 is 1.32 bits per heavy atom. The van der Waals surface area contributed by atoms with E-state index in [1.165, 1.54) is 0 Å². The van der Waals surface area contributed by atoms with Gasteiger partial charge in [0.25, 0.3) is 5.91 Å². The van der Waals surface area contributed by atoms with Gasteiger partial charge in [-0.2, -0.15) is 0 Å². The molecule has 0 aromatic heterocycles. The van der Waals surface area contributed by atoms with Gasteiger partial charge >= 0.3 is 0 Å². The van der Waals surface area contributed by atoms with Gasteiger partial charge in [0.1, 0.15) is 0 Å². The average Bonchev–Trinajstić information content (AvgIpc) is 2.64. The number of carbonyl (C=O) groups is 1. The summed E-state index contributed by atoms with van der Waals surface area (Å²) in [5, 5.41) is 0. The van der Waals surface area contributed by atoms with Crippen molar-refractivity contribution in [3.8, 4) is 0 Å². The van der Waals surface area contributed by atoms with E-state index < -0.39 is 0 Å². The van der Waals surface area contributed by atoms with E-state index in [-0.39, 0.29) is 5.91 Å². The largest absolute Gasteiger partial charge is 0.337 e. The Balaban J connectivity index is 2.02. The van der Waals surface area contributed by atoms with Gasteiger partial charge in [0.15, 0.2) is 0 Å². The maximum absolute atomic E-state index is 12.4. The Morgan fingerprint density at radius 3 is 2.89 bits per heavy atom. The van der Waals surface area contributed by atoms with Gasteiger partial charge in [-0.15, -0.1) is 6.58 Å². The van der Waals surface area contributed by atoms with Crippen molar-refractivity contribution in [2.24, 2.45) is 0 Å². The first-order chi connectivity index (χ1) is 9.20. The van der Waals surface area contributed by atoms with Crippen molar-refractivity contribution in [3.63, 3.8) is 0 Å². The van der Waals surface area contributed by atoms with Gasteiger partial charge in [0.2, 0.25) is 0 Å². The van der Waals surface area contributed by atoms with Crippen LogP contribution in [0.15, 0.2) is 41.4 Å². The summed E-state index contributed by atoms with van der Waals surface area (Å²) >= 11 is 3.41. The maximum atomic E-state index is 12.4. The van der Waals surface area contributed by atoms with Gasteiger partial charge in [0.05, 0.1) is 0 Å². The number of rotatable bonds is 3. The molecule has 1 saturated heterocycles. The van der Waals surface area contributed by atoms with Crippen LogP contribution < -0.4 is 0 Å². The molecule has 1 fully saturated rings. The summed E-state index contributed by atoms with van der Waals surface area (Å²) in [6, 6.07) is 7.60. The highest BCUT2D eigenvalue weighted by Gasteiger charge is 2.19. The molecule has 2 rings (SSSR count). The highest BCUT2D eigenvalue weighted by Crippen LogP contribution is 2.14. The number of hydrogen-bond donors (Lipinski definition) is 0. The Kier molecular flexibility index (Phi) is 5.16. The zero-order chi connectivity index (χ0) is 13.7. The third-order valence-corrected chi connectivity index (χ3v) is 3.83. The minimum atomic E-state index is 0.127. The zero-order valence-corrected chi connectivity index (χ0v) is 12.6. The first-order valence-corrected chi connectivity index (χ1v) is 7.38. The molecule has 1 amide bonds. The SMILES string of the molecule is C=CCN1CCCN(C(=O)c2cccc(Br)c2)CC1. The van der Waals surface area contributed by atoms with Gasteiger partial charge in [-0.1, -0.05) is 28.1 Å². The molecular formula is C15H19BrN2O. The van der Waals surface area contributed by atoms with Crippen molar-refractivity contribution < 1.29 is 4.79 Å². The van der Waals surface area contributed by atoms with Crippen LogP contribution in [-0.4, -0.2) is 48.4 Å². The second-order valence-electron chi connectivity index (χ2n) is 4.75. The van der Waals surface area contributed by atoms with Crippen LogP contribution in [0.5, 0.6) is 0 Å². The van der Waals surface area contributed by atoms with E-state index >= 15 is 0 Å². The van der Waals surface area contributed by atoms with E-state index in [1.54, 1.807) is 0 Å². The average molecular weight is 323 g/mol. The van der Waals surface area contributed by atoms with Crippen molar-refractivity contribution in [2.75, 3.05) is 32.7 Å². The van der Waals surface area contributed by atoms with Gasteiger partial charge in [-0.3, -0.25) is 9.69 Å². The Morgan fingerprint density at radius 2 is 2.16 bits per heavy atom. The van der Waals surface area contributed by atoms with Crippen molar-refractivity contribution in [3.05, 3.63) is 47.0 Å². The molecule has 4 heteroatoms. The number of benzene rings is 1. The van der Waals surface area contributed by atoms with E-state index in [2.05, 4.69) is 27.4 Å². The molecule has 3 nitrogen and oxygen atoms in total. The molecule has 1 aromatic carbocycles. The number of amides is 1. The van der Waals surface area contributed by atoms with E-state index in [0.29, 0.717) is 0 Å². The third kappa shape index (κ3) is 3.91. The van der Waals surface area contributed by atoms with Crippen LogP contribution in [0, 0.1) is 0 Å². The van der Waals surface area contributed by atoms with E-state index in [4.69, 9.17) is 0 Å². The summed E-state index contributed by atoms with van der Waals surface area (Å²) in [6.07, 6.45) is 2.94. The predicted molar refractivity (Wildman–Crippen MR) is 81.3 cm³/mol. The highest BCUT2D eigenvalue weighted by molar-refractivity contribution is 9.10. The lowest BCUT2D eigenvalue weighted by atomic mass is 10.2. The standard InChI is InChI=1S/C15H19BrN2O/c1-2-7-17-8-4-9-18(11-10-17)15(19)13-5-3-6-14(16)12-13/h2-3,5-6,12H,1,4,7-11H2. The quantitative estimate of drug-likeness (QED) is 0.799. The molecule has 0 atom stereocenters. The number of halogens is 1. The number of hydrogen-bond acceptors (Lipinski definition) is 2. The van der Waals surface area contributed by atoms with Gasteiger partial charge in [-0.05, 0) is 24.6 Å². The highest BCUT2D eigenvalue weighted by atomic mass is 79.9. The molecule has 0 spiro atoms. The van der Waals surface area contributed by atoms with Crippen molar-refractivity contribution in [1.29, 1.82) is 0 Å². The summed E-state index contributed by atoms with van der Waals surface area (Å²) in [5.74, 6) is 0.127. The normalized spacial score (nSPS) is 17.0. The van der Waals surface area contributed by atoms with Crippen LogP contribution in [0.2, 0.25) is 0 Å². The van der Waals surface area contributed by atoms with Crippen molar-refractivity contribution in [2.45, 2.75) is 6.42 Å². The molecule has 1 aliphatic rings. The molecular weight excluding hydrogens is 304 g/mol. The van der Waals surface area contributed by atoms with Crippen LogP contribution >= 0.6 is 15.9 Å². The summed E-state index contributed by atoms with van der Waals surface area (Å²) in [7, 11) is 0. The molecule has 0 aliphatic carbocycles. The van der Waals surface area contributed by atoms with E-state index in [1.807, 2.05) is 35.2 Å². The zero-order valence-electron chi connectivity index (χ0n) is 11.0. The van der Waals surface area contributed by atoms with Crippen LogP contribution in [0.4, 0.5) is 0 Å². The van der Waals surface area contributed by atoms with Crippen LogP contribution in [0.3, 0.4) is 0 Å². The Labute approximate surface area is 123 Å². The molecule has 102 valence electrons. The van der Waals surface area contributed by atoms with Crippen LogP contribution in [0.1, 0.15) is 16.8 Å². The van der Waals surface area contributed by atoms with E-state index in [0.717, 1.165) is 49.2 Å². The van der Waals surface area contributed by atoms with Gasteiger partial charge < -0.3 is 4.90 Å². The lowest BCUT2D eigenvalue weighted by Crippen LogP contribution is -2.35. The monoisotopic (exact) mass is 322 g/mol. The molecule has 0 N–H and O–H groups in total. The minimum Gasteiger partial charge on any atom is -0.337 e. The molecule has 1 aromatic rings. The summed E-state index contributed by atoms with van der Waals surface area (Å²) in [6.45, 7) is 8.25. The molecule has 0 radical (unpaired) electrons. The van der Waals surface area contributed by atoms with Gasteiger partial charge in [0, 0.05) is 42.8 Å². The number of nitrogens with zero attached hydrogens (tertiary/aromatic N) is 2. The van der Waals surface area contributed by atoms with Crippen LogP contribution in [-0.2, 0) is 0 Å². The summed E-state index contributed by atoms with van der Waals surface area (Å²) in [5.41, 5.74) is 0.756. The fraction of sp³-hybridized carbons (Fsp3) is 0.400.